The highest BCUT2D eigenvalue weighted by Gasteiger charge is 2.44. The number of hydrogen-bond acceptors (Lipinski definition) is 10. The minimum atomic E-state index is -0.775. The van der Waals surface area contributed by atoms with E-state index in [4.69, 9.17) is 4.98 Å². The first kappa shape index (κ1) is 24.4. The van der Waals surface area contributed by atoms with Crippen molar-refractivity contribution in [2.75, 3.05) is 61.8 Å². The summed E-state index contributed by atoms with van der Waals surface area (Å²) in [4.78, 5) is 16.2. The van der Waals surface area contributed by atoms with Gasteiger partial charge < -0.3 is 41.1 Å². The van der Waals surface area contributed by atoms with Crippen LogP contribution in [-0.2, 0) is 6.54 Å². The monoisotopic (exact) mass is 491 g/mol. The van der Waals surface area contributed by atoms with Gasteiger partial charge >= 0.3 is 0 Å². The number of rotatable bonds is 9. The van der Waals surface area contributed by atoms with Crippen LogP contribution in [0.5, 0.6) is 0 Å². The van der Waals surface area contributed by atoms with Gasteiger partial charge in [-0.15, -0.1) is 6.58 Å². The molecule has 1 aromatic heterocycles. The quantitative estimate of drug-likeness (QED) is 0.264. The summed E-state index contributed by atoms with van der Waals surface area (Å²) < 4.78 is 0. The van der Waals surface area contributed by atoms with Gasteiger partial charge in [-0.2, -0.15) is 4.98 Å². The van der Waals surface area contributed by atoms with Crippen LogP contribution in [0.25, 0.3) is 0 Å². The van der Waals surface area contributed by atoms with E-state index in [-0.39, 0.29) is 6.17 Å². The summed E-state index contributed by atoms with van der Waals surface area (Å²) in [5, 5.41) is 24.1. The zero-order chi connectivity index (χ0) is 25.1. The van der Waals surface area contributed by atoms with Crippen LogP contribution in [0.1, 0.15) is 18.9 Å². The molecule has 2 fully saturated rings. The Hall–Kier alpha value is -3.34. The molecule has 0 amide bonds. The van der Waals surface area contributed by atoms with Crippen LogP contribution in [0.2, 0.25) is 0 Å². The molecule has 5 rings (SSSR count). The SMILES string of the molecule is C=CCNCc1cnc(Nc2ccc(N3CCN(C)CC3)cc2)nc1NC1=CN2CC[C@](C)(O)C2N1. The van der Waals surface area contributed by atoms with Gasteiger partial charge in [0.25, 0.3) is 0 Å². The lowest BCUT2D eigenvalue weighted by atomic mass is 10.0. The molecule has 0 spiro atoms. The van der Waals surface area contributed by atoms with E-state index in [0.717, 1.165) is 56.2 Å². The molecule has 192 valence electrons. The molecule has 3 aliphatic heterocycles. The van der Waals surface area contributed by atoms with Gasteiger partial charge in [0.15, 0.2) is 0 Å². The fourth-order valence-electron chi connectivity index (χ4n) is 4.87. The molecule has 2 aromatic rings. The number of nitrogens with zero attached hydrogens (tertiary/aromatic N) is 5. The van der Waals surface area contributed by atoms with E-state index in [9.17, 15) is 5.11 Å². The zero-order valence-electron chi connectivity index (χ0n) is 21.2. The maximum absolute atomic E-state index is 10.6. The second-order valence-electron chi connectivity index (χ2n) is 10.0. The van der Waals surface area contributed by atoms with Crippen molar-refractivity contribution in [1.82, 2.24) is 30.4 Å². The smallest absolute Gasteiger partial charge is 0.229 e. The standard InChI is InChI=1S/C26H37N9O/c1-4-10-27-16-19-17-28-25(29-20-5-7-21(8-6-20)34-14-12-33(3)13-15-34)32-23(19)30-22-18-35-11-9-26(2,36)24(35)31-22/h4-8,17-18,24,27,31,36H,1,9-16H2,2-3H3,(H2,28,29,30,32)/t24?,26-/m0/s1. The largest absolute Gasteiger partial charge is 0.386 e. The van der Waals surface area contributed by atoms with Crippen molar-refractivity contribution in [1.29, 1.82) is 0 Å². The molecular weight excluding hydrogens is 454 g/mol. The Labute approximate surface area is 213 Å². The lowest BCUT2D eigenvalue weighted by molar-refractivity contribution is 0.0256. The predicted molar refractivity (Wildman–Crippen MR) is 144 cm³/mol. The normalized spacial score (nSPS) is 23.8. The van der Waals surface area contributed by atoms with E-state index in [1.54, 1.807) is 0 Å². The van der Waals surface area contributed by atoms with Crippen molar-refractivity contribution >= 4 is 23.1 Å². The van der Waals surface area contributed by atoms with E-state index in [1.807, 2.05) is 25.4 Å². The van der Waals surface area contributed by atoms with E-state index in [0.29, 0.717) is 24.9 Å². The third-order valence-electron chi connectivity index (χ3n) is 7.10. The predicted octanol–water partition coefficient (Wildman–Crippen LogP) is 1.84. The van der Waals surface area contributed by atoms with Gasteiger partial charge in [0.05, 0.1) is 0 Å². The first-order valence-electron chi connectivity index (χ1n) is 12.6. The molecule has 10 nitrogen and oxygen atoms in total. The number of piperazine rings is 1. The molecule has 0 bridgehead atoms. The molecule has 1 aromatic carbocycles. The first-order valence-corrected chi connectivity index (χ1v) is 12.6. The number of anilines is 4. The van der Waals surface area contributed by atoms with E-state index in [2.05, 4.69) is 78.8 Å². The number of fused-ring (bicyclic) bond motifs is 1. The number of likely N-dealkylation sites (N-methyl/N-ethyl adjacent to an activating group) is 1. The molecule has 10 heteroatoms. The lowest BCUT2D eigenvalue weighted by Gasteiger charge is -2.34. The number of benzene rings is 1. The molecule has 1 unspecified atom stereocenters. The van der Waals surface area contributed by atoms with Crippen molar-refractivity contribution in [2.45, 2.75) is 31.7 Å². The van der Waals surface area contributed by atoms with E-state index < -0.39 is 5.60 Å². The second-order valence-corrected chi connectivity index (χ2v) is 10.0. The highest BCUT2D eigenvalue weighted by Crippen LogP contribution is 2.32. The summed E-state index contributed by atoms with van der Waals surface area (Å²) in [6, 6.07) is 8.43. The summed E-state index contributed by atoms with van der Waals surface area (Å²) >= 11 is 0. The Kier molecular flexibility index (Phi) is 6.99. The second kappa shape index (κ2) is 10.3. The molecule has 5 N–H and O–H groups in total. The van der Waals surface area contributed by atoms with Crippen LogP contribution >= 0.6 is 0 Å². The Morgan fingerprint density at radius 3 is 2.67 bits per heavy atom. The summed E-state index contributed by atoms with van der Waals surface area (Å²) in [6.07, 6.45) is 6.27. The zero-order valence-corrected chi connectivity index (χ0v) is 21.2. The number of aliphatic hydroxyl groups is 1. The molecule has 2 saturated heterocycles. The third-order valence-corrected chi connectivity index (χ3v) is 7.10. The Bertz CT molecular complexity index is 1090. The van der Waals surface area contributed by atoms with Crippen molar-refractivity contribution in [3.8, 4) is 0 Å². The maximum Gasteiger partial charge on any atom is 0.229 e. The molecule has 36 heavy (non-hydrogen) atoms. The topological polar surface area (TPSA) is 104 Å². The van der Waals surface area contributed by atoms with Crippen molar-refractivity contribution in [3.05, 3.63) is 60.7 Å². The lowest BCUT2D eigenvalue weighted by Crippen LogP contribution is -2.47. The average molecular weight is 492 g/mol. The van der Waals surface area contributed by atoms with Gasteiger partial charge in [-0.05, 0) is 44.7 Å². The summed E-state index contributed by atoms with van der Waals surface area (Å²) in [5.74, 6) is 2.03. The molecule has 0 aliphatic carbocycles. The van der Waals surface area contributed by atoms with Crippen molar-refractivity contribution < 1.29 is 5.11 Å². The van der Waals surface area contributed by atoms with Crippen LogP contribution in [0, 0.1) is 0 Å². The molecule has 2 atom stereocenters. The van der Waals surface area contributed by atoms with Gasteiger partial charge in [0.2, 0.25) is 5.95 Å². The highest BCUT2D eigenvalue weighted by molar-refractivity contribution is 5.61. The third kappa shape index (κ3) is 5.40. The summed E-state index contributed by atoms with van der Waals surface area (Å²) in [5.41, 5.74) is 2.33. The van der Waals surface area contributed by atoms with Crippen LogP contribution in [0.15, 0.2) is 55.1 Å². The molecule has 0 saturated carbocycles. The number of aromatic nitrogens is 2. The van der Waals surface area contributed by atoms with Crippen LogP contribution in [-0.4, -0.2) is 83.0 Å². The molecular formula is C26H37N9O. The van der Waals surface area contributed by atoms with Crippen LogP contribution in [0.3, 0.4) is 0 Å². The maximum atomic E-state index is 10.6. The number of nitrogens with one attached hydrogen (secondary N) is 4. The molecule has 3 aliphatic rings. The average Bonchev–Trinajstić information content (AvgIpc) is 3.40. The van der Waals surface area contributed by atoms with Gasteiger partial charge in [-0.1, -0.05) is 6.08 Å². The first-order chi connectivity index (χ1) is 17.4. The summed E-state index contributed by atoms with van der Waals surface area (Å²) in [6.45, 7) is 12.0. The van der Waals surface area contributed by atoms with Crippen molar-refractivity contribution in [2.24, 2.45) is 0 Å². The highest BCUT2D eigenvalue weighted by atomic mass is 16.3. The Morgan fingerprint density at radius 1 is 1.17 bits per heavy atom. The van der Waals surface area contributed by atoms with E-state index >= 15 is 0 Å². The van der Waals surface area contributed by atoms with Crippen LogP contribution < -0.4 is 26.2 Å². The van der Waals surface area contributed by atoms with Gasteiger partial charge in [0, 0.05) is 75.1 Å². The molecule has 0 radical (unpaired) electrons. The van der Waals surface area contributed by atoms with E-state index in [1.165, 1.54) is 5.69 Å². The van der Waals surface area contributed by atoms with Crippen molar-refractivity contribution in [3.63, 3.8) is 0 Å². The minimum Gasteiger partial charge on any atom is -0.386 e. The fourth-order valence-corrected chi connectivity index (χ4v) is 4.87. The Balaban J connectivity index is 1.29. The Morgan fingerprint density at radius 2 is 1.94 bits per heavy atom. The van der Waals surface area contributed by atoms with Crippen LogP contribution in [0.4, 0.5) is 23.1 Å². The van der Waals surface area contributed by atoms with Gasteiger partial charge in [-0.3, -0.25) is 0 Å². The summed E-state index contributed by atoms with van der Waals surface area (Å²) in [7, 11) is 2.17. The fraction of sp³-hybridized carbons (Fsp3) is 0.462. The number of hydrogen-bond donors (Lipinski definition) is 5. The minimum absolute atomic E-state index is 0.138. The van der Waals surface area contributed by atoms with Gasteiger partial charge in [-0.25, -0.2) is 4.98 Å². The molecule has 4 heterocycles. The van der Waals surface area contributed by atoms with Gasteiger partial charge in [0.1, 0.15) is 23.4 Å².